The number of rotatable bonds is 3. The highest BCUT2D eigenvalue weighted by Crippen LogP contribution is 2.24. The molecule has 0 aromatic heterocycles. The molecule has 0 radical (unpaired) electrons. The normalized spacial score (nSPS) is 14.2. The summed E-state index contributed by atoms with van der Waals surface area (Å²) in [6.45, 7) is 0.703. The first-order chi connectivity index (χ1) is 10.6. The average molecular weight is 298 g/mol. The van der Waals surface area contributed by atoms with Gasteiger partial charge in [-0.1, -0.05) is 6.07 Å². The first kappa shape index (κ1) is 14.3. The SMILES string of the molecule is O=C(Nc1cccc(N2CCCC2=O)c1)c1ccc(F)cc1. The molecule has 112 valence electrons. The predicted octanol–water partition coefficient (Wildman–Crippen LogP) is 3.20. The smallest absolute Gasteiger partial charge is 0.255 e. The third-order valence-corrected chi connectivity index (χ3v) is 3.60. The van der Waals surface area contributed by atoms with Crippen molar-refractivity contribution in [1.29, 1.82) is 0 Å². The van der Waals surface area contributed by atoms with Gasteiger partial charge in [-0.15, -0.1) is 0 Å². The molecule has 0 unspecified atom stereocenters. The molecule has 0 atom stereocenters. The number of carbonyl (C=O) groups is 2. The van der Waals surface area contributed by atoms with Gasteiger partial charge >= 0.3 is 0 Å². The Kier molecular flexibility index (Phi) is 3.87. The summed E-state index contributed by atoms with van der Waals surface area (Å²) >= 11 is 0. The lowest BCUT2D eigenvalue weighted by molar-refractivity contribution is -0.117. The minimum atomic E-state index is -0.383. The minimum absolute atomic E-state index is 0.0991. The van der Waals surface area contributed by atoms with Crippen LogP contribution >= 0.6 is 0 Å². The lowest BCUT2D eigenvalue weighted by Gasteiger charge is -2.16. The molecule has 2 amide bonds. The van der Waals surface area contributed by atoms with E-state index in [2.05, 4.69) is 5.32 Å². The number of nitrogens with zero attached hydrogens (tertiary/aromatic N) is 1. The second-order valence-electron chi connectivity index (χ2n) is 5.16. The van der Waals surface area contributed by atoms with Gasteiger partial charge < -0.3 is 10.2 Å². The van der Waals surface area contributed by atoms with Gasteiger partial charge in [0.2, 0.25) is 5.91 Å². The second-order valence-corrected chi connectivity index (χ2v) is 5.16. The Morgan fingerprint density at radius 3 is 2.59 bits per heavy atom. The van der Waals surface area contributed by atoms with Gasteiger partial charge in [0, 0.05) is 29.9 Å². The largest absolute Gasteiger partial charge is 0.322 e. The van der Waals surface area contributed by atoms with E-state index in [-0.39, 0.29) is 17.6 Å². The van der Waals surface area contributed by atoms with Crippen molar-refractivity contribution in [2.24, 2.45) is 0 Å². The van der Waals surface area contributed by atoms with E-state index in [1.807, 2.05) is 6.07 Å². The Balaban J connectivity index is 1.76. The Hall–Kier alpha value is -2.69. The third kappa shape index (κ3) is 2.98. The van der Waals surface area contributed by atoms with E-state index < -0.39 is 0 Å². The fourth-order valence-corrected chi connectivity index (χ4v) is 2.48. The van der Waals surface area contributed by atoms with E-state index in [1.165, 1.54) is 24.3 Å². The number of amides is 2. The maximum absolute atomic E-state index is 12.9. The summed E-state index contributed by atoms with van der Waals surface area (Å²) in [5.41, 5.74) is 1.76. The van der Waals surface area contributed by atoms with Crippen LogP contribution in [0.1, 0.15) is 23.2 Å². The fraction of sp³-hybridized carbons (Fsp3) is 0.176. The number of anilines is 2. The van der Waals surface area contributed by atoms with Crippen LogP contribution in [0.25, 0.3) is 0 Å². The van der Waals surface area contributed by atoms with E-state index in [0.29, 0.717) is 24.2 Å². The molecule has 0 spiro atoms. The molecule has 2 aromatic carbocycles. The molecule has 1 saturated heterocycles. The molecule has 22 heavy (non-hydrogen) atoms. The van der Waals surface area contributed by atoms with Crippen molar-refractivity contribution in [3.05, 3.63) is 59.9 Å². The number of hydrogen-bond acceptors (Lipinski definition) is 2. The van der Waals surface area contributed by atoms with E-state index >= 15 is 0 Å². The Bertz CT molecular complexity index is 713. The molecule has 1 aliphatic rings. The first-order valence-electron chi connectivity index (χ1n) is 7.11. The van der Waals surface area contributed by atoms with E-state index in [9.17, 15) is 14.0 Å². The molecule has 0 aliphatic carbocycles. The van der Waals surface area contributed by atoms with Crippen LogP contribution in [0.5, 0.6) is 0 Å². The predicted molar refractivity (Wildman–Crippen MR) is 82.4 cm³/mol. The lowest BCUT2D eigenvalue weighted by atomic mass is 10.2. The van der Waals surface area contributed by atoms with Crippen LogP contribution in [-0.2, 0) is 4.79 Å². The minimum Gasteiger partial charge on any atom is -0.322 e. The number of nitrogens with one attached hydrogen (secondary N) is 1. The summed E-state index contributed by atoms with van der Waals surface area (Å²) in [5.74, 6) is -0.599. The zero-order valence-corrected chi connectivity index (χ0v) is 11.9. The van der Waals surface area contributed by atoms with Gasteiger partial charge in [-0.05, 0) is 48.9 Å². The van der Waals surface area contributed by atoms with Crippen molar-refractivity contribution in [2.75, 3.05) is 16.8 Å². The summed E-state index contributed by atoms with van der Waals surface area (Å²) < 4.78 is 12.9. The van der Waals surface area contributed by atoms with Crippen molar-refractivity contribution < 1.29 is 14.0 Å². The number of hydrogen-bond donors (Lipinski definition) is 1. The second kappa shape index (κ2) is 5.97. The highest BCUT2D eigenvalue weighted by molar-refractivity contribution is 6.04. The molecule has 0 saturated carbocycles. The van der Waals surface area contributed by atoms with E-state index in [4.69, 9.17) is 0 Å². The average Bonchev–Trinajstić information content (AvgIpc) is 2.94. The van der Waals surface area contributed by atoms with Gasteiger partial charge in [0.15, 0.2) is 0 Å². The maximum Gasteiger partial charge on any atom is 0.255 e. The lowest BCUT2D eigenvalue weighted by Crippen LogP contribution is -2.23. The molecule has 1 aliphatic heterocycles. The molecular weight excluding hydrogens is 283 g/mol. The Morgan fingerprint density at radius 2 is 1.91 bits per heavy atom. The summed E-state index contributed by atoms with van der Waals surface area (Å²) in [6.07, 6.45) is 1.41. The molecule has 1 fully saturated rings. The molecule has 1 N–H and O–H groups in total. The van der Waals surface area contributed by atoms with Crippen LogP contribution in [0, 0.1) is 5.82 Å². The highest BCUT2D eigenvalue weighted by atomic mass is 19.1. The number of benzene rings is 2. The van der Waals surface area contributed by atoms with Crippen molar-refractivity contribution >= 4 is 23.2 Å². The Labute approximate surface area is 127 Å². The zero-order chi connectivity index (χ0) is 15.5. The van der Waals surface area contributed by atoms with Crippen molar-refractivity contribution in [2.45, 2.75) is 12.8 Å². The summed E-state index contributed by atoms with van der Waals surface area (Å²) in [6, 6.07) is 12.5. The van der Waals surface area contributed by atoms with Crippen LogP contribution in [0.15, 0.2) is 48.5 Å². The van der Waals surface area contributed by atoms with E-state index in [1.54, 1.807) is 23.1 Å². The van der Waals surface area contributed by atoms with Gasteiger partial charge in [-0.25, -0.2) is 4.39 Å². The van der Waals surface area contributed by atoms with Crippen LogP contribution in [0.2, 0.25) is 0 Å². The summed E-state index contributed by atoms with van der Waals surface area (Å²) in [7, 11) is 0. The Morgan fingerprint density at radius 1 is 1.14 bits per heavy atom. The third-order valence-electron chi connectivity index (χ3n) is 3.60. The van der Waals surface area contributed by atoms with Crippen molar-refractivity contribution in [3.8, 4) is 0 Å². The molecule has 1 heterocycles. The summed E-state index contributed by atoms with van der Waals surface area (Å²) in [5, 5.41) is 2.76. The van der Waals surface area contributed by atoms with Gasteiger partial charge in [-0.2, -0.15) is 0 Å². The standard InChI is InChI=1S/C17H15FN2O2/c18-13-8-6-12(7-9-13)17(22)19-14-3-1-4-15(11-14)20-10-2-5-16(20)21/h1,3-4,6-9,11H,2,5,10H2,(H,19,22). The van der Waals surface area contributed by atoms with E-state index in [0.717, 1.165) is 12.1 Å². The monoisotopic (exact) mass is 298 g/mol. The quantitative estimate of drug-likeness (QED) is 0.946. The van der Waals surface area contributed by atoms with Crippen LogP contribution < -0.4 is 10.2 Å². The number of carbonyl (C=O) groups excluding carboxylic acids is 2. The fourth-order valence-electron chi connectivity index (χ4n) is 2.48. The van der Waals surface area contributed by atoms with Crippen molar-refractivity contribution in [1.82, 2.24) is 0 Å². The first-order valence-corrected chi connectivity index (χ1v) is 7.11. The van der Waals surface area contributed by atoms with Crippen LogP contribution in [0.3, 0.4) is 0 Å². The van der Waals surface area contributed by atoms with Crippen molar-refractivity contribution in [3.63, 3.8) is 0 Å². The van der Waals surface area contributed by atoms with Gasteiger partial charge in [-0.3, -0.25) is 9.59 Å². The van der Waals surface area contributed by atoms with Gasteiger partial charge in [0.25, 0.3) is 5.91 Å². The molecule has 2 aromatic rings. The van der Waals surface area contributed by atoms with Gasteiger partial charge in [0.05, 0.1) is 0 Å². The van der Waals surface area contributed by atoms with Crippen LogP contribution in [0.4, 0.5) is 15.8 Å². The molecular formula is C17H15FN2O2. The topological polar surface area (TPSA) is 49.4 Å². The van der Waals surface area contributed by atoms with Gasteiger partial charge in [0.1, 0.15) is 5.82 Å². The summed E-state index contributed by atoms with van der Waals surface area (Å²) in [4.78, 5) is 25.6. The zero-order valence-electron chi connectivity index (χ0n) is 11.9. The molecule has 4 nitrogen and oxygen atoms in total. The molecule has 0 bridgehead atoms. The highest BCUT2D eigenvalue weighted by Gasteiger charge is 2.21. The maximum atomic E-state index is 12.9. The molecule has 3 rings (SSSR count). The van der Waals surface area contributed by atoms with Crippen LogP contribution in [-0.4, -0.2) is 18.4 Å². The number of halogens is 1. The molecule has 5 heteroatoms.